The quantitative estimate of drug-likeness (QED) is 0.234. The Kier molecular flexibility index (Phi) is 6.55. The molecule has 2 aliphatic rings. The Morgan fingerprint density at radius 2 is 1.80 bits per heavy atom. The number of piperazine rings is 1. The maximum Gasteiger partial charge on any atom is 0.286 e. The number of carbonyl (C=O) groups is 1. The molecule has 0 atom stereocenters. The molecule has 178 valence electrons. The molecule has 2 aromatic carbocycles. The molecule has 8 nitrogen and oxygen atoms in total. The topological polar surface area (TPSA) is 92.2 Å². The molecule has 35 heavy (non-hydrogen) atoms. The molecule has 1 amide bonds. The maximum atomic E-state index is 12.5. The zero-order valence-corrected chi connectivity index (χ0v) is 20.5. The fourth-order valence-corrected chi connectivity index (χ4v) is 5.28. The van der Waals surface area contributed by atoms with E-state index in [9.17, 15) is 14.9 Å². The number of anilines is 1. The number of nitrogens with zero attached hydrogens (tertiary/aromatic N) is 4. The summed E-state index contributed by atoms with van der Waals surface area (Å²) in [5.41, 5.74) is 1.51. The van der Waals surface area contributed by atoms with Crippen LogP contribution in [0.4, 0.5) is 11.4 Å². The molecule has 3 heterocycles. The van der Waals surface area contributed by atoms with Crippen LogP contribution in [0.3, 0.4) is 0 Å². The van der Waals surface area contributed by atoms with Gasteiger partial charge >= 0.3 is 0 Å². The lowest BCUT2D eigenvalue weighted by atomic mass is 10.1. The Morgan fingerprint density at radius 3 is 2.51 bits per heavy atom. The highest BCUT2D eigenvalue weighted by Gasteiger charge is 2.29. The molecule has 11 heteroatoms. The average molecular weight is 529 g/mol. The van der Waals surface area contributed by atoms with Crippen molar-refractivity contribution in [3.8, 4) is 11.3 Å². The molecule has 0 aliphatic carbocycles. The van der Waals surface area contributed by atoms with E-state index in [-0.39, 0.29) is 16.6 Å². The minimum absolute atomic E-state index is 0.0984. The smallest absolute Gasteiger partial charge is 0.286 e. The van der Waals surface area contributed by atoms with Crippen molar-refractivity contribution in [2.24, 2.45) is 4.99 Å². The van der Waals surface area contributed by atoms with Gasteiger partial charge in [0.25, 0.3) is 11.6 Å². The van der Waals surface area contributed by atoms with E-state index >= 15 is 0 Å². The highest BCUT2D eigenvalue weighted by Crippen LogP contribution is 2.35. The van der Waals surface area contributed by atoms with E-state index in [2.05, 4.69) is 14.8 Å². The standard InChI is InChI=1S/C24H18Cl2N4O4S/c25-15-2-1-3-16(12-15)28-8-10-29(11-9-28)24-27-23(31)22(35-24)14-18-5-7-21(34-18)19-6-4-17(30(32)33)13-20(19)26/h1-7,12-14H,8-11H2/b22-14-. The number of nitro benzene ring substituents is 1. The summed E-state index contributed by atoms with van der Waals surface area (Å²) in [4.78, 5) is 32.0. The minimum Gasteiger partial charge on any atom is -0.457 e. The van der Waals surface area contributed by atoms with Gasteiger partial charge < -0.3 is 14.2 Å². The monoisotopic (exact) mass is 528 g/mol. The van der Waals surface area contributed by atoms with Crippen LogP contribution in [0, 0.1) is 10.1 Å². The molecule has 2 aliphatic heterocycles. The number of furan rings is 1. The summed E-state index contributed by atoms with van der Waals surface area (Å²) in [5.74, 6) is 0.603. The second-order valence-electron chi connectivity index (χ2n) is 7.89. The van der Waals surface area contributed by atoms with Crippen molar-refractivity contribution in [3.63, 3.8) is 0 Å². The number of benzene rings is 2. The first kappa shape index (κ1) is 23.5. The summed E-state index contributed by atoms with van der Waals surface area (Å²) < 4.78 is 5.84. The first-order chi connectivity index (χ1) is 16.9. The second-order valence-corrected chi connectivity index (χ2v) is 9.74. The molecule has 3 aromatic rings. The molecule has 1 saturated heterocycles. The molecular formula is C24H18Cl2N4O4S. The van der Waals surface area contributed by atoms with Crippen molar-refractivity contribution in [2.75, 3.05) is 31.1 Å². The van der Waals surface area contributed by atoms with Crippen LogP contribution >= 0.6 is 35.0 Å². The van der Waals surface area contributed by atoms with Crippen molar-refractivity contribution in [3.05, 3.63) is 85.4 Å². The first-order valence-corrected chi connectivity index (χ1v) is 12.3. The maximum absolute atomic E-state index is 12.5. The van der Waals surface area contributed by atoms with E-state index in [1.807, 2.05) is 24.3 Å². The average Bonchev–Trinajstić information content (AvgIpc) is 3.46. The lowest BCUT2D eigenvalue weighted by Gasteiger charge is -2.36. The number of aliphatic imine (C=N–C) groups is 1. The number of halogens is 2. The molecule has 0 bridgehead atoms. The van der Waals surface area contributed by atoms with E-state index in [0.717, 1.165) is 31.9 Å². The zero-order chi connectivity index (χ0) is 24.5. The normalized spacial score (nSPS) is 17.3. The van der Waals surface area contributed by atoms with Gasteiger partial charge in [0, 0.05) is 60.7 Å². The van der Waals surface area contributed by atoms with E-state index in [4.69, 9.17) is 27.6 Å². The van der Waals surface area contributed by atoms with Gasteiger partial charge in [0.2, 0.25) is 0 Å². The summed E-state index contributed by atoms with van der Waals surface area (Å²) in [7, 11) is 0. The van der Waals surface area contributed by atoms with Crippen molar-refractivity contribution >= 4 is 63.5 Å². The van der Waals surface area contributed by atoms with Gasteiger partial charge in [-0.1, -0.05) is 29.3 Å². The van der Waals surface area contributed by atoms with Crippen LogP contribution < -0.4 is 4.90 Å². The zero-order valence-electron chi connectivity index (χ0n) is 18.2. The molecule has 0 radical (unpaired) electrons. The van der Waals surface area contributed by atoms with E-state index in [0.29, 0.717) is 32.2 Å². The van der Waals surface area contributed by atoms with E-state index in [1.165, 1.54) is 30.0 Å². The summed E-state index contributed by atoms with van der Waals surface area (Å²) >= 11 is 13.6. The second kappa shape index (κ2) is 9.77. The van der Waals surface area contributed by atoms with Gasteiger partial charge in [-0.05, 0) is 48.2 Å². The predicted octanol–water partition coefficient (Wildman–Crippen LogP) is 5.95. The fourth-order valence-electron chi connectivity index (χ4n) is 3.88. The van der Waals surface area contributed by atoms with Crippen molar-refractivity contribution in [2.45, 2.75) is 0 Å². The summed E-state index contributed by atoms with van der Waals surface area (Å²) in [6.07, 6.45) is 1.65. The number of thioether (sulfide) groups is 1. The summed E-state index contributed by atoms with van der Waals surface area (Å²) in [6.45, 7) is 3.07. The van der Waals surface area contributed by atoms with Gasteiger partial charge in [-0.15, -0.1) is 0 Å². The number of amides is 1. The highest BCUT2D eigenvalue weighted by molar-refractivity contribution is 8.18. The Balaban J connectivity index is 1.24. The number of amidine groups is 1. The van der Waals surface area contributed by atoms with Crippen molar-refractivity contribution in [1.82, 2.24) is 4.90 Å². The summed E-state index contributed by atoms with van der Waals surface area (Å²) in [6, 6.07) is 15.4. The Bertz CT molecular complexity index is 1380. The van der Waals surface area contributed by atoms with Crippen LogP contribution in [0.2, 0.25) is 10.0 Å². The number of rotatable bonds is 4. The predicted molar refractivity (Wildman–Crippen MR) is 139 cm³/mol. The van der Waals surface area contributed by atoms with E-state index < -0.39 is 4.92 Å². The molecule has 0 spiro atoms. The number of carbonyl (C=O) groups excluding carboxylic acids is 1. The van der Waals surface area contributed by atoms with Crippen LogP contribution in [0.15, 0.2) is 68.9 Å². The van der Waals surface area contributed by atoms with Crippen LogP contribution in [-0.2, 0) is 4.79 Å². The molecular weight excluding hydrogens is 511 g/mol. The van der Waals surface area contributed by atoms with Gasteiger partial charge in [0.05, 0.1) is 14.9 Å². The molecule has 1 fully saturated rings. The first-order valence-electron chi connectivity index (χ1n) is 10.7. The molecule has 0 saturated carbocycles. The molecule has 5 rings (SSSR count). The van der Waals surface area contributed by atoms with Crippen LogP contribution in [0.25, 0.3) is 17.4 Å². The SMILES string of the molecule is O=C1N=C(N2CCN(c3cccc(Cl)c3)CC2)S/C1=C\c1ccc(-c2ccc([N+](=O)[O-])cc2Cl)o1. The van der Waals surface area contributed by atoms with Crippen LogP contribution in [0.5, 0.6) is 0 Å². The third-order valence-electron chi connectivity index (χ3n) is 5.66. The molecule has 1 aromatic heterocycles. The Hall–Kier alpha value is -3.27. The number of hydrogen-bond acceptors (Lipinski definition) is 7. The third-order valence-corrected chi connectivity index (χ3v) is 7.25. The molecule has 0 unspecified atom stereocenters. The number of hydrogen-bond donors (Lipinski definition) is 0. The van der Waals surface area contributed by atoms with Gasteiger partial charge in [0.15, 0.2) is 5.17 Å². The van der Waals surface area contributed by atoms with Gasteiger partial charge in [-0.2, -0.15) is 4.99 Å². The number of non-ortho nitro benzene ring substituents is 1. The van der Waals surface area contributed by atoms with Gasteiger partial charge in [0.1, 0.15) is 11.5 Å². The summed E-state index contributed by atoms with van der Waals surface area (Å²) in [5, 5.41) is 12.5. The Morgan fingerprint density at radius 1 is 1.03 bits per heavy atom. The largest absolute Gasteiger partial charge is 0.457 e. The minimum atomic E-state index is -0.509. The van der Waals surface area contributed by atoms with E-state index in [1.54, 1.807) is 18.2 Å². The third kappa shape index (κ3) is 5.07. The van der Waals surface area contributed by atoms with Gasteiger partial charge in [-0.3, -0.25) is 14.9 Å². The highest BCUT2D eigenvalue weighted by atomic mass is 35.5. The molecule has 0 N–H and O–H groups in total. The number of nitro groups is 1. The van der Waals surface area contributed by atoms with Crippen molar-refractivity contribution < 1.29 is 14.1 Å². The van der Waals surface area contributed by atoms with Crippen molar-refractivity contribution in [1.29, 1.82) is 0 Å². The van der Waals surface area contributed by atoms with Crippen LogP contribution in [-0.4, -0.2) is 47.1 Å². The van der Waals surface area contributed by atoms with Gasteiger partial charge in [-0.25, -0.2) is 0 Å². The fraction of sp³-hybridized carbons (Fsp3) is 0.167. The Labute approximate surface area is 215 Å². The lowest BCUT2D eigenvalue weighted by Crippen LogP contribution is -2.47. The lowest BCUT2D eigenvalue weighted by molar-refractivity contribution is -0.384. The van der Waals surface area contributed by atoms with Crippen LogP contribution in [0.1, 0.15) is 5.76 Å².